The molecule has 1 aliphatic heterocycles. The average molecular weight is 426 g/mol. The number of hydrogen-bond acceptors (Lipinski definition) is 5. The van der Waals surface area contributed by atoms with Crippen molar-refractivity contribution in [3.63, 3.8) is 0 Å². The molecule has 5 nitrogen and oxygen atoms in total. The van der Waals surface area contributed by atoms with Crippen LogP contribution in [-0.2, 0) is 23.9 Å². The fraction of sp³-hybridized carbons (Fsp3) is 0.773. The van der Waals surface area contributed by atoms with Gasteiger partial charge in [0.15, 0.2) is 5.78 Å². The summed E-state index contributed by atoms with van der Waals surface area (Å²) in [6, 6.07) is 0. The van der Waals surface area contributed by atoms with Crippen LogP contribution in [-0.4, -0.2) is 36.6 Å². The first-order valence-electron chi connectivity index (χ1n) is 10.7. The quantitative estimate of drug-likeness (QED) is 0.472. The number of hydrogen-bond donors (Lipinski definition) is 0. The van der Waals surface area contributed by atoms with Gasteiger partial charge in [-0.05, 0) is 61.9 Å². The molecule has 1 spiro atoms. The highest BCUT2D eigenvalue weighted by atomic mass is 19.4. The van der Waals surface area contributed by atoms with E-state index in [4.69, 9.17) is 9.47 Å². The number of alkyl halides is 3. The third-order valence-electron chi connectivity index (χ3n) is 9.10. The number of carbonyl (C=O) groups excluding carboxylic acids is 3. The van der Waals surface area contributed by atoms with Crippen LogP contribution < -0.4 is 0 Å². The molecule has 0 aromatic rings. The van der Waals surface area contributed by atoms with E-state index in [0.29, 0.717) is 31.3 Å². The van der Waals surface area contributed by atoms with Gasteiger partial charge in [-0.25, -0.2) is 4.79 Å². The van der Waals surface area contributed by atoms with Crippen molar-refractivity contribution in [3.05, 3.63) is 12.2 Å². The van der Waals surface area contributed by atoms with Crippen LogP contribution in [0.15, 0.2) is 12.2 Å². The lowest BCUT2D eigenvalue weighted by Crippen LogP contribution is -2.73. The summed E-state index contributed by atoms with van der Waals surface area (Å²) in [5.41, 5.74) is -2.23. The fourth-order valence-electron chi connectivity index (χ4n) is 7.84. The summed E-state index contributed by atoms with van der Waals surface area (Å²) in [7, 11) is 0. The van der Waals surface area contributed by atoms with Crippen molar-refractivity contribution in [2.24, 2.45) is 34.0 Å². The van der Waals surface area contributed by atoms with Gasteiger partial charge in [0, 0.05) is 5.41 Å². The first-order chi connectivity index (χ1) is 14.0. The Bertz CT molecular complexity index is 865. The molecule has 0 aromatic heterocycles. The van der Waals surface area contributed by atoms with E-state index in [0.717, 1.165) is 12.8 Å². The topological polar surface area (TPSA) is 69.7 Å². The molecule has 4 unspecified atom stereocenters. The van der Waals surface area contributed by atoms with Gasteiger partial charge in [0.1, 0.15) is 6.10 Å². The van der Waals surface area contributed by atoms with E-state index in [1.807, 2.05) is 6.92 Å². The zero-order valence-corrected chi connectivity index (χ0v) is 16.8. The number of fused-ring (bicyclic) bond motifs is 2. The molecule has 8 heteroatoms. The highest BCUT2D eigenvalue weighted by molar-refractivity contribution is 6.03. The Labute approximate surface area is 172 Å². The van der Waals surface area contributed by atoms with E-state index in [1.165, 1.54) is 0 Å². The number of esters is 2. The van der Waals surface area contributed by atoms with E-state index >= 15 is 0 Å². The average Bonchev–Trinajstić information content (AvgIpc) is 2.68. The number of halogens is 3. The molecule has 5 aliphatic carbocycles. The van der Waals surface area contributed by atoms with E-state index in [9.17, 15) is 27.6 Å². The third kappa shape index (κ3) is 2.23. The van der Waals surface area contributed by atoms with Crippen LogP contribution in [0.3, 0.4) is 0 Å². The Kier molecular flexibility index (Phi) is 3.94. The van der Waals surface area contributed by atoms with Gasteiger partial charge >= 0.3 is 18.1 Å². The minimum atomic E-state index is -5.14. The van der Waals surface area contributed by atoms with Gasteiger partial charge in [-0.3, -0.25) is 9.59 Å². The predicted molar refractivity (Wildman–Crippen MR) is 96.8 cm³/mol. The first kappa shape index (κ1) is 20.1. The lowest BCUT2D eigenvalue weighted by molar-refractivity contribution is -0.265. The number of Topliss-reactive ketones (excluding diaryl/α,β-unsaturated/α-hetero) is 1. The Morgan fingerprint density at radius 1 is 1.13 bits per heavy atom. The van der Waals surface area contributed by atoms with E-state index in [-0.39, 0.29) is 36.6 Å². The Balaban J connectivity index is 1.67. The molecule has 0 aromatic carbocycles. The second-order valence-electron chi connectivity index (χ2n) is 10.2. The van der Waals surface area contributed by atoms with Crippen molar-refractivity contribution in [1.82, 2.24) is 0 Å². The smallest absolute Gasteiger partial charge is 0.465 e. The van der Waals surface area contributed by atoms with Crippen LogP contribution >= 0.6 is 0 Å². The van der Waals surface area contributed by atoms with Gasteiger partial charge in [0.05, 0.1) is 17.4 Å². The van der Waals surface area contributed by atoms with Crippen LogP contribution in [0.4, 0.5) is 13.2 Å². The maximum absolute atomic E-state index is 13.5. The van der Waals surface area contributed by atoms with Gasteiger partial charge < -0.3 is 9.47 Å². The summed E-state index contributed by atoms with van der Waals surface area (Å²) in [5.74, 6) is -3.77. The van der Waals surface area contributed by atoms with Crippen molar-refractivity contribution < 1.29 is 37.0 Å². The number of allylic oxidation sites excluding steroid dienone is 1. The van der Waals surface area contributed by atoms with Crippen LogP contribution in [0.2, 0.25) is 0 Å². The van der Waals surface area contributed by atoms with Gasteiger partial charge in [0.2, 0.25) is 0 Å². The maximum Gasteiger partial charge on any atom is 0.490 e. The fourth-order valence-corrected chi connectivity index (χ4v) is 7.84. The molecule has 1 saturated heterocycles. The summed E-state index contributed by atoms with van der Waals surface area (Å²) in [6.45, 7) is 6.12. The van der Waals surface area contributed by atoms with Gasteiger partial charge in [0.25, 0.3) is 0 Å². The monoisotopic (exact) mass is 426 g/mol. The van der Waals surface area contributed by atoms with Crippen LogP contribution in [0, 0.1) is 34.0 Å². The highest BCUT2D eigenvalue weighted by Crippen LogP contribution is 2.73. The second-order valence-corrected chi connectivity index (χ2v) is 10.2. The SMILES string of the molecule is C=C1C(=O)C23CC[C@H]1CC2C12CCC[C@@](C)(COC1=O)C2C[C@H]3OC(=O)C(F)(F)F. The highest BCUT2D eigenvalue weighted by Gasteiger charge is 2.76. The van der Waals surface area contributed by atoms with Crippen molar-refractivity contribution in [2.75, 3.05) is 6.61 Å². The van der Waals surface area contributed by atoms with E-state index < -0.39 is 40.4 Å². The van der Waals surface area contributed by atoms with Gasteiger partial charge in [-0.2, -0.15) is 13.2 Å². The summed E-state index contributed by atoms with van der Waals surface area (Å²) >= 11 is 0. The normalized spacial score (nSPS) is 47.3. The summed E-state index contributed by atoms with van der Waals surface area (Å²) in [4.78, 5) is 38.6. The van der Waals surface area contributed by atoms with E-state index in [1.54, 1.807) is 0 Å². The molecular weight excluding hydrogens is 401 g/mol. The molecule has 7 atom stereocenters. The number of carbonyl (C=O) groups is 3. The number of ether oxygens (including phenoxy) is 2. The number of rotatable bonds is 1. The summed E-state index contributed by atoms with van der Waals surface area (Å²) < 4.78 is 50.0. The second kappa shape index (κ2) is 5.88. The van der Waals surface area contributed by atoms with E-state index in [2.05, 4.69) is 6.58 Å². The lowest BCUT2D eigenvalue weighted by Gasteiger charge is -2.69. The van der Waals surface area contributed by atoms with Crippen molar-refractivity contribution in [1.29, 1.82) is 0 Å². The molecule has 6 rings (SSSR count). The molecule has 6 fully saturated rings. The minimum Gasteiger partial charge on any atom is -0.465 e. The Hall–Kier alpha value is -1.86. The zero-order chi connectivity index (χ0) is 21.7. The largest absolute Gasteiger partial charge is 0.490 e. The summed E-state index contributed by atoms with van der Waals surface area (Å²) in [5, 5.41) is 0. The maximum atomic E-state index is 13.5. The molecule has 0 radical (unpaired) electrons. The Morgan fingerprint density at radius 2 is 1.87 bits per heavy atom. The molecule has 1 heterocycles. The zero-order valence-electron chi connectivity index (χ0n) is 16.8. The molecule has 4 bridgehead atoms. The molecule has 0 N–H and O–H groups in total. The molecule has 164 valence electrons. The van der Waals surface area contributed by atoms with Crippen molar-refractivity contribution in [2.45, 2.75) is 64.1 Å². The Morgan fingerprint density at radius 3 is 2.57 bits per heavy atom. The third-order valence-corrected chi connectivity index (χ3v) is 9.10. The van der Waals surface area contributed by atoms with Crippen molar-refractivity contribution >= 4 is 17.7 Å². The van der Waals surface area contributed by atoms with Crippen LogP contribution in [0.25, 0.3) is 0 Å². The number of ketones is 1. The van der Waals surface area contributed by atoms with Gasteiger partial charge in [-0.15, -0.1) is 0 Å². The molecule has 30 heavy (non-hydrogen) atoms. The first-order valence-corrected chi connectivity index (χ1v) is 10.7. The standard InChI is InChI=1S/C22H25F3O5/c1-11-12-4-7-21(16(11)26)14(8-12)20-6-3-5-19(2,10-29-17(20)27)13(20)9-15(21)30-18(28)22(23,24)25/h12-15H,1,3-10H2,2H3/t12-,13?,14?,15+,19-,20?,21?/m0/s1. The lowest BCUT2D eigenvalue weighted by atomic mass is 9.35. The van der Waals surface area contributed by atoms with Crippen LogP contribution in [0.5, 0.6) is 0 Å². The summed E-state index contributed by atoms with van der Waals surface area (Å²) in [6.07, 6.45) is -2.69. The molecular formula is C22H25F3O5. The number of cyclic esters (lactones) is 1. The molecule has 0 amide bonds. The van der Waals surface area contributed by atoms with Crippen LogP contribution in [0.1, 0.15) is 51.9 Å². The predicted octanol–water partition coefficient (Wildman–Crippen LogP) is 3.76. The van der Waals surface area contributed by atoms with Gasteiger partial charge in [-0.1, -0.05) is 19.9 Å². The molecule has 6 aliphatic rings. The molecule has 5 saturated carbocycles. The minimum absolute atomic E-state index is 0.0770. The van der Waals surface area contributed by atoms with Crippen molar-refractivity contribution in [3.8, 4) is 0 Å².